The lowest BCUT2D eigenvalue weighted by atomic mass is 9.69. The molecule has 1 spiro atoms. The van der Waals surface area contributed by atoms with Crippen LogP contribution in [0.15, 0.2) is 24.0 Å². The van der Waals surface area contributed by atoms with Crippen LogP contribution in [-0.4, -0.2) is 44.5 Å². The highest BCUT2D eigenvalue weighted by molar-refractivity contribution is 6.01. The molecule has 2 rings (SSSR count). The molecule has 5 nitrogen and oxygen atoms in total. The molecule has 0 bridgehead atoms. The van der Waals surface area contributed by atoms with Crippen molar-refractivity contribution in [3.8, 4) is 0 Å². The quantitative estimate of drug-likeness (QED) is 0.388. The van der Waals surface area contributed by atoms with Gasteiger partial charge >= 0.3 is 0 Å². The van der Waals surface area contributed by atoms with Crippen molar-refractivity contribution in [3.05, 3.63) is 24.0 Å². The zero-order valence-electron chi connectivity index (χ0n) is 7.87. The molecule has 15 heavy (non-hydrogen) atoms. The fourth-order valence-electron chi connectivity index (χ4n) is 2.18. The first-order valence-electron chi connectivity index (χ1n) is 4.66. The highest BCUT2D eigenvalue weighted by atomic mass is 16.3. The molecule has 0 saturated carbocycles. The first kappa shape index (κ1) is 10.4. The largest absolute Gasteiger partial charge is 0.505 e. The Morgan fingerprint density at radius 1 is 1.27 bits per heavy atom. The van der Waals surface area contributed by atoms with Crippen molar-refractivity contribution in [2.75, 3.05) is 0 Å². The zero-order chi connectivity index (χ0) is 11.2. The van der Waals surface area contributed by atoms with E-state index in [0.717, 1.165) is 0 Å². The predicted octanol–water partition coefficient (Wildman–Crippen LogP) is -0.960. The van der Waals surface area contributed by atoms with E-state index in [9.17, 15) is 25.2 Å². The van der Waals surface area contributed by atoms with Gasteiger partial charge in [0.25, 0.3) is 0 Å². The maximum Gasteiger partial charge on any atom is 0.208 e. The predicted molar refractivity (Wildman–Crippen MR) is 49.9 cm³/mol. The van der Waals surface area contributed by atoms with E-state index in [4.69, 9.17) is 0 Å². The highest BCUT2D eigenvalue weighted by Crippen LogP contribution is 2.43. The van der Waals surface area contributed by atoms with Crippen LogP contribution in [0.4, 0.5) is 0 Å². The van der Waals surface area contributed by atoms with Gasteiger partial charge in [0.1, 0.15) is 0 Å². The molecule has 0 aromatic carbocycles. The van der Waals surface area contributed by atoms with Crippen molar-refractivity contribution < 1.29 is 25.2 Å². The Morgan fingerprint density at radius 2 is 1.93 bits per heavy atom. The Morgan fingerprint density at radius 3 is 2.47 bits per heavy atom. The van der Waals surface area contributed by atoms with Crippen molar-refractivity contribution in [1.29, 1.82) is 0 Å². The van der Waals surface area contributed by atoms with Gasteiger partial charge in [-0.2, -0.15) is 0 Å². The number of aliphatic hydroxyl groups excluding tert-OH is 4. The lowest BCUT2D eigenvalue weighted by molar-refractivity contribution is -0.149. The van der Waals surface area contributed by atoms with Crippen LogP contribution in [0.5, 0.6) is 0 Å². The smallest absolute Gasteiger partial charge is 0.208 e. The molecule has 4 unspecified atom stereocenters. The Balaban J connectivity index is 2.44. The van der Waals surface area contributed by atoms with Gasteiger partial charge in [0.15, 0.2) is 5.76 Å². The molecule has 0 aromatic rings. The summed E-state index contributed by atoms with van der Waals surface area (Å²) >= 11 is 0. The fourth-order valence-corrected chi connectivity index (χ4v) is 2.18. The Kier molecular flexibility index (Phi) is 2.18. The van der Waals surface area contributed by atoms with E-state index in [0.29, 0.717) is 0 Å². The van der Waals surface area contributed by atoms with Gasteiger partial charge in [-0.1, -0.05) is 12.2 Å². The molecular weight excluding hydrogens is 200 g/mol. The molecule has 0 heterocycles. The molecule has 5 heteroatoms. The van der Waals surface area contributed by atoms with Crippen molar-refractivity contribution in [1.82, 2.24) is 0 Å². The lowest BCUT2D eigenvalue weighted by Crippen LogP contribution is -2.55. The summed E-state index contributed by atoms with van der Waals surface area (Å²) in [4.78, 5) is 11.7. The molecule has 0 aliphatic heterocycles. The molecule has 0 fully saturated rings. The highest BCUT2D eigenvalue weighted by Gasteiger charge is 2.56. The van der Waals surface area contributed by atoms with Crippen LogP contribution in [0.2, 0.25) is 0 Å². The van der Waals surface area contributed by atoms with Gasteiger partial charge in [-0.3, -0.25) is 4.79 Å². The summed E-state index contributed by atoms with van der Waals surface area (Å²) in [5.41, 5.74) is -1.52. The maximum absolute atomic E-state index is 11.7. The topological polar surface area (TPSA) is 98.0 Å². The van der Waals surface area contributed by atoms with E-state index in [-0.39, 0.29) is 6.42 Å². The van der Waals surface area contributed by atoms with Crippen LogP contribution in [0.3, 0.4) is 0 Å². The standard InChI is InChI=1S/C10H12O5/c11-5-1-2-7(13)10(8(5)14)4-3-6(12)9(10)15/h1-3,5,7-8,11-14H,4H2. The van der Waals surface area contributed by atoms with Crippen LogP contribution >= 0.6 is 0 Å². The molecule has 2 aliphatic rings. The number of ketones is 1. The van der Waals surface area contributed by atoms with E-state index in [1.165, 1.54) is 18.2 Å². The number of hydrogen-bond acceptors (Lipinski definition) is 5. The second kappa shape index (κ2) is 3.16. The van der Waals surface area contributed by atoms with Crippen LogP contribution in [0, 0.1) is 5.41 Å². The minimum Gasteiger partial charge on any atom is -0.505 e. The third kappa shape index (κ3) is 1.17. The van der Waals surface area contributed by atoms with E-state index in [1.807, 2.05) is 0 Å². The van der Waals surface area contributed by atoms with E-state index < -0.39 is 35.3 Å². The SMILES string of the molecule is O=C1C(O)=CCC12C(O)C=CC(O)C2O. The molecule has 0 aromatic heterocycles. The van der Waals surface area contributed by atoms with Crippen LogP contribution in [0.25, 0.3) is 0 Å². The van der Waals surface area contributed by atoms with Crippen LogP contribution < -0.4 is 0 Å². The first-order valence-corrected chi connectivity index (χ1v) is 4.66. The van der Waals surface area contributed by atoms with Gasteiger partial charge in [0, 0.05) is 0 Å². The average molecular weight is 212 g/mol. The van der Waals surface area contributed by atoms with Gasteiger partial charge in [-0.05, 0) is 12.5 Å². The minimum absolute atomic E-state index is 0.0292. The van der Waals surface area contributed by atoms with E-state index in [2.05, 4.69) is 0 Å². The van der Waals surface area contributed by atoms with Crippen LogP contribution in [-0.2, 0) is 4.79 Å². The molecule has 2 aliphatic carbocycles. The van der Waals surface area contributed by atoms with Crippen molar-refractivity contribution in [3.63, 3.8) is 0 Å². The molecule has 0 radical (unpaired) electrons. The Hall–Kier alpha value is -1.17. The number of rotatable bonds is 0. The Bertz CT molecular complexity index is 359. The first-order chi connectivity index (χ1) is 7.00. The molecule has 4 N–H and O–H groups in total. The number of Topliss-reactive ketones (excluding diaryl/α,β-unsaturated/α-hetero) is 1. The van der Waals surface area contributed by atoms with Crippen molar-refractivity contribution >= 4 is 5.78 Å². The number of allylic oxidation sites excluding steroid dienone is 2. The summed E-state index contributed by atoms with van der Waals surface area (Å²) in [6.07, 6.45) is -0.000591. The third-order valence-corrected chi connectivity index (χ3v) is 3.16. The van der Waals surface area contributed by atoms with Gasteiger partial charge in [-0.15, -0.1) is 0 Å². The summed E-state index contributed by atoms with van der Waals surface area (Å²) in [6.45, 7) is 0. The van der Waals surface area contributed by atoms with E-state index >= 15 is 0 Å². The number of carbonyl (C=O) groups excluding carboxylic acids is 1. The molecule has 0 amide bonds. The number of hydrogen-bond donors (Lipinski definition) is 4. The maximum atomic E-state index is 11.7. The summed E-state index contributed by atoms with van der Waals surface area (Å²) in [5.74, 6) is -1.18. The normalized spacial score (nSPS) is 44.9. The number of carbonyl (C=O) groups is 1. The van der Waals surface area contributed by atoms with E-state index in [1.54, 1.807) is 0 Å². The average Bonchev–Trinajstić information content (AvgIpc) is 2.51. The van der Waals surface area contributed by atoms with Crippen molar-refractivity contribution in [2.45, 2.75) is 24.7 Å². The number of aliphatic hydroxyl groups is 4. The van der Waals surface area contributed by atoms with Gasteiger partial charge in [0.05, 0.1) is 23.7 Å². The minimum atomic E-state index is -1.52. The second-order valence-electron chi connectivity index (χ2n) is 3.93. The molecular formula is C10H12O5. The van der Waals surface area contributed by atoms with Gasteiger partial charge in [-0.25, -0.2) is 0 Å². The van der Waals surface area contributed by atoms with Gasteiger partial charge < -0.3 is 20.4 Å². The van der Waals surface area contributed by atoms with Crippen molar-refractivity contribution in [2.24, 2.45) is 5.41 Å². The summed E-state index contributed by atoms with van der Waals surface area (Å²) in [7, 11) is 0. The monoisotopic (exact) mass is 212 g/mol. The molecule has 82 valence electrons. The zero-order valence-corrected chi connectivity index (χ0v) is 7.87. The summed E-state index contributed by atoms with van der Waals surface area (Å²) in [6, 6.07) is 0. The summed E-state index contributed by atoms with van der Waals surface area (Å²) < 4.78 is 0. The third-order valence-electron chi connectivity index (χ3n) is 3.16. The Labute approximate surface area is 86.0 Å². The van der Waals surface area contributed by atoms with Crippen LogP contribution in [0.1, 0.15) is 6.42 Å². The fraction of sp³-hybridized carbons (Fsp3) is 0.500. The molecule has 0 saturated heterocycles. The summed E-state index contributed by atoms with van der Waals surface area (Å²) in [5, 5.41) is 38.1. The lowest BCUT2D eigenvalue weighted by Gasteiger charge is -2.39. The second-order valence-corrected chi connectivity index (χ2v) is 3.93. The molecule has 4 atom stereocenters. The van der Waals surface area contributed by atoms with Gasteiger partial charge in [0.2, 0.25) is 5.78 Å².